The number of hydrogen-bond acceptors (Lipinski definition) is 6. The van der Waals surface area contributed by atoms with Gasteiger partial charge in [0.25, 0.3) is 5.69 Å². The van der Waals surface area contributed by atoms with Crippen LogP contribution in [0.25, 0.3) is 0 Å². The highest BCUT2D eigenvalue weighted by Crippen LogP contribution is 2.33. The first-order chi connectivity index (χ1) is 7.96. The van der Waals surface area contributed by atoms with Crippen LogP contribution in [-0.2, 0) is 14.6 Å². The number of nitro groups is 1. The Kier molecular flexibility index (Phi) is 2.86. The summed E-state index contributed by atoms with van der Waals surface area (Å²) >= 11 is 0. The summed E-state index contributed by atoms with van der Waals surface area (Å²) in [5.41, 5.74) is -1.40. The van der Waals surface area contributed by atoms with Gasteiger partial charge >= 0.3 is 0 Å². The van der Waals surface area contributed by atoms with E-state index in [1.165, 1.54) is 18.2 Å². The molecule has 0 bridgehead atoms. The Hall–Kier alpha value is -1.51. The van der Waals surface area contributed by atoms with E-state index < -0.39 is 32.9 Å². The number of aliphatic hydroxyl groups is 1. The number of benzene rings is 1. The lowest BCUT2D eigenvalue weighted by Crippen LogP contribution is -2.13. The van der Waals surface area contributed by atoms with Gasteiger partial charge in [0.2, 0.25) is 9.84 Å². The zero-order valence-electron chi connectivity index (χ0n) is 8.52. The van der Waals surface area contributed by atoms with Crippen LogP contribution in [0.2, 0.25) is 0 Å². The van der Waals surface area contributed by atoms with Crippen LogP contribution in [0.5, 0.6) is 0 Å². The zero-order chi connectivity index (χ0) is 12.6. The average molecular weight is 259 g/mol. The molecule has 0 aliphatic carbocycles. The summed E-state index contributed by atoms with van der Waals surface area (Å²) in [6, 6.07) is 4.74. The fourth-order valence-electron chi connectivity index (χ4n) is 1.44. The van der Waals surface area contributed by atoms with Gasteiger partial charge in [-0.3, -0.25) is 10.1 Å². The normalized spacial score (nSPS) is 23.4. The van der Waals surface area contributed by atoms with Crippen molar-refractivity contribution in [2.75, 3.05) is 6.61 Å². The molecule has 2 rings (SSSR count). The smallest absolute Gasteiger partial charge is 0.270 e. The molecular formula is C9H9NO6S. The lowest BCUT2D eigenvalue weighted by molar-refractivity contribution is -0.385. The van der Waals surface area contributed by atoms with Gasteiger partial charge in [-0.1, -0.05) is 6.07 Å². The largest absolute Gasteiger partial charge is 0.394 e. The van der Waals surface area contributed by atoms with Crippen molar-refractivity contribution in [2.24, 2.45) is 0 Å². The molecule has 2 unspecified atom stereocenters. The van der Waals surface area contributed by atoms with E-state index in [4.69, 9.17) is 9.84 Å². The molecule has 0 radical (unpaired) electrons. The topological polar surface area (TPSA) is 110 Å². The van der Waals surface area contributed by atoms with E-state index in [1.807, 2.05) is 0 Å². The standard InChI is InChI=1S/C9H9NO6S/c11-5-8-9(16-8)17(14,15)7-3-1-2-6(4-7)10(12)13/h1-4,8-9,11H,5H2. The minimum absolute atomic E-state index is 0.173. The van der Waals surface area contributed by atoms with Gasteiger partial charge in [-0.15, -0.1) is 0 Å². The Labute approximate surface area is 96.7 Å². The molecule has 1 aromatic carbocycles. The van der Waals surface area contributed by atoms with Crippen LogP contribution in [0.1, 0.15) is 0 Å². The van der Waals surface area contributed by atoms with Gasteiger partial charge in [0.15, 0.2) is 5.44 Å². The fourth-order valence-corrected chi connectivity index (χ4v) is 3.03. The van der Waals surface area contributed by atoms with Crippen LogP contribution in [0, 0.1) is 10.1 Å². The molecular weight excluding hydrogens is 250 g/mol. The van der Waals surface area contributed by atoms with E-state index in [1.54, 1.807) is 0 Å². The highest BCUT2D eigenvalue weighted by atomic mass is 32.2. The molecule has 1 fully saturated rings. The van der Waals surface area contributed by atoms with Crippen LogP contribution in [-0.4, -0.2) is 36.6 Å². The first-order valence-electron chi connectivity index (χ1n) is 4.71. The molecule has 92 valence electrons. The maximum absolute atomic E-state index is 11.9. The van der Waals surface area contributed by atoms with Crippen molar-refractivity contribution in [3.63, 3.8) is 0 Å². The zero-order valence-corrected chi connectivity index (χ0v) is 9.33. The van der Waals surface area contributed by atoms with Gasteiger partial charge in [-0.25, -0.2) is 8.42 Å². The van der Waals surface area contributed by atoms with Crippen molar-refractivity contribution in [1.82, 2.24) is 0 Å². The molecule has 8 heteroatoms. The third-order valence-electron chi connectivity index (χ3n) is 2.38. The predicted molar refractivity (Wildman–Crippen MR) is 56.0 cm³/mol. The van der Waals surface area contributed by atoms with Crippen molar-refractivity contribution in [3.8, 4) is 0 Å². The van der Waals surface area contributed by atoms with Crippen molar-refractivity contribution in [1.29, 1.82) is 0 Å². The summed E-state index contributed by atoms with van der Waals surface area (Å²) in [6.45, 7) is -0.390. The van der Waals surface area contributed by atoms with Crippen LogP contribution >= 0.6 is 0 Å². The average Bonchev–Trinajstić information content (AvgIpc) is 3.09. The molecule has 0 amide bonds. The molecule has 0 saturated carbocycles. The molecule has 1 aliphatic heterocycles. The quantitative estimate of drug-likeness (QED) is 0.466. The fraction of sp³-hybridized carbons (Fsp3) is 0.333. The summed E-state index contributed by atoms with van der Waals surface area (Å²) in [6.07, 6.45) is -0.737. The van der Waals surface area contributed by atoms with E-state index >= 15 is 0 Å². The van der Waals surface area contributed by atoms with Gasteiger partial charge in [0.1, 0.15) is 6.10 Å². The SMILES string of the molecule is O=[N+]([O-])c1cccc(S(=O)(=O)C2OC2CO)c1. The molecule has 1 aliphatic rings. The molecule has 17 heavy (non-hydrogen) atoms. The summed E-state index contributed by atoms with van der Waals surface area (Å²) in [7, 11) is -3.77. The number of epoxide rings is 1. The summed E-state index contributed by atoms with van der Waals surface area (Å²) in [5.74, 6) is 0. The van der Waals surface area contributed by atoms with Crippen molar-refractivity contribution >= 4 is 15.5 Å². The summed E-state index contributed by atoms with van der Waals surface area (Å²) in [5, 5.41) is 19.3. The van der Waals surface area contributed by atoms with Gasteiger partial charge in [0, 0.05) is 12.1 Å². The lowest BCUT2D eigenvalue weighted by Gasteiger charge is -2.00. The Morgan fingerprint density at radius 3 is 2.71 bits per heavy atom. The molecule has 0 spiro atoms. The molecule has 2 atom stereocenters. The second-order valence-corrected chi connectivity index (χ2v) is 5.55. The van der Waals surface area contributed by atoms with Crippen LogP contribution < -0.4 is 0 Å². The van der Waals surface area contributed by atoms with Crippen molar-refractivity contribution in [3.05, 3.63) is 34.4 Å². The minimum Gasteiger partial charge on any atom is -0.394 e. The summed E-state index contributed by atoms with van der Waals surface area (Å²) in [4.78, 5) is 9.68. The Balaban J connectivity index is 2.34. The van der Waals surface area contributed by atoms with Crippen molar-refractivity contribution < 1.29 is 23.2 Å². The maximum Gasteiger partial charge on any atom is 0.270 e. The first-order valence-corrected chi connectivity index (χ1v) is 6.26. The predicted octanol–water partition coefficient (Wildman–Crippen LogP) is 0.0857. The molecule has 1 saturated heterocycles. The van der Waals surface area contributed by atoms with Gasteiger partial charge < -0.3 is 9.84 Å². The van der Waals surface area contributed by atoms with E-state index in [2.05, 4.69) is 0 Å². The number of sulfone groups is 1. The monoisotopic (exact) mass is 259 g/mol. The van der Waals surface area contributed by atoms with Crippen LogP contribution in [0.4, 0.5) is 5.69 Å². The van der Waals surface area contributed by atoms with Gasteiger partial charge in [-0.2, -0.15) is 0 Å². The van der Waals surface area contributed by atoms with Crippen LogP contribution in [0.3, 0.4) is 0 Å². The second kappa shape index (κ2) is 4.06. The molecule has 7 nitrogen and oxygen atoms in total. The highest BCUT2D eigenvalue weighted by Gasteiger charge is 2.49. The number of aliphatic hydroxyl groups excluding tert-OH is 1. The van der Waals surface area contributed by atoms with E-state index in [-0.39, 0.29) is 10.6 Å². The van der Waals surface area contributed by atoms with Crippen molar-refractivity contribution in [2.45, 2.75) is 16.4 Å². The van der Waals surface area contributed by atoms with E-state index in [0.717, 1.165) is 6.07 Å². The van der Waals surface area contributed by atoms with E-state index in [0.29, 0.717) is 0 Å². The van der Waals surface area contributed by atoms with Gasteiger partial charge in [0.05, 0.1) is 16.4 Å². The number of rotatable bonds is 4. The van der Waals surface area contributed by atoms with Gasteiger partial charge in [-0.05, 0) is 6.07 Å². The third kappa shape index (κ3) is 2.14. The molecule has 1 N–H and O–H groups in total. The summed E-state index contributed by atoms with van der Waals surface area (Å²) < 4.78 is 28.5. The Morgan fingerprint density at radius 1 is 1.47 bits per heavy atom. The Morgan fingerprint density at radius 2 is 2.18 bits per heavy atom. The maximum atomic E-state index is 11.9. The molecule has 0 aromatic heterocycles. The van der Waals surface area contributed by atoms with E-state index in [9.17, 15) is 18.5 Å². The minimum atomic E-state index is -3.77. The highest BCUT2D eigenvalue weighted by molar-refractivity contribution is 7.92. The molecule has 1 aromatic rings. The second-order valence-electron chi connectivity index (χ2n) is 3.52. The number of non-ortho nitro benzene ring substituents is 1. The third-order valence-corrected chi connectivity index (χ3v) is 4.32. The lowest BCUT2D eigenvalue weighted by atomic mass is 10.3. The first kappa shape index (κ1) is 12.0. The number of nitrogens with zero attached hydrogens (tertiary/aromatic N) is 1. The number of hydrogen-bond donors (Lipinski definition) is 1. The number of ether oxygens (including phenoxy) is 1. The molecule has 1 heterocycles. The van der Waals surface area contributed by atoms with Crippen LogP contribution in [0.15, 0.2) is 29.2 Å². The Bertz CT molecular complexity index is 554. The number of nitro benzene ring substituents is 1.